The highest BCUT2D eigenvalue weighted by Crippen LogP contribution is 2.29. The van der Waals surface area contributed by atoms with Gasteiger partial charge in [-0.15, -0.1) is 12.4 Å². The Morgan fingerprint density at radius 1 is 1.27 bits per heavy atom. The van der Waals surface area contributed by atoms with Crippen molar-refractivity contribution in [1.82, 2.24) is 14.8 Å². The Labute approximate surface area is 197 Å². The molecular formula is C22H26ClN5O5. The summed E-state index contributed by atoms with van der Waals surface area (Å²) in [6.07, 6.45) is 2.46. The van der Waals surface area contributed by atoms with Gasteiger partial charge in [-0.1, -0.05) is 13.0 Å². The van der Waals surface area contributed by atoms with E-state index in [9.17, 15) is 19.5 Å². The van der Waals surface area contributed by atoms with Gasteiger partial charge >= 0.3 is 17.8 Å². The molecule has 0 bridgehead atoms. The highest BCUT2D eigenvalue weighted by Gasteiger charge is 2.43. The van der Waals surface area contributed by atoms with Crippen LogP contribution in [-0.4, -0.2) is 62.8 Å². The number of nitrogens with zero attached hydrogens (tertiary/aromatic N) is 3. The number of amidine groups is 1. The van der Waals surface area contributed by atoms with Crippen LogP contribution in [0.1, 0.15) is 36.9 Å². The van der Waals surface area contributed by atoms with Gasteiger partial charge < -0.3 is 20.5 Å². The predicted molar refractivity (Wildman–Crippen MR) is 122 cm³/mol. The summed E-state index contributed by atoms with van der Waals surface area (Å²) in [5, 5.41) is 16.9. The Morgan fingerprint density at radius 2 is 1.97 bits per heavy atom. The number of pyridine rings is 1. The van der Waals surface area contributed by atoms with Gasteiger partial charge in [-0.25, -0.2) is 0 Å². The minimum absolute atomic E-state index is 0. The number of nitrogens with one attached hydrogen (secondary N) is 1. The minimum atomic E-state index is -1.10. The molecule has 1 aliphatic rings. The molecule has 0 saturated carbocycles. The summed E-state index contributed by atoms with van der Waals surface area (Å²) in [6, 6.07) is 8.95. The lowest BCUT2D eigenvalue weighted by Crippen LogP contribution is -2.62. The molecule has 2 heterocycles. The number of halogens is 1. The highest BCUT2D eigenvalue weighted by atomic mass is 35.5. The Bertz CT molecular complexity index is 1000. The average molecular weight is 476 g/mol. The Balaban J connectivity index is 0.00000385. The van der Waals surface area contributed by atoms with Gasteiger partial charge in [-0.3, -0.25) is 29.7 Å². The highest BCUT2D eigenvalue weighted by molar-refractivity contribution is 6.35. The first-order chi connectivity index (χ1) is 15.3. The van der Waals surface area contributed by atoms with Crippen LogP contribution in [-0.2, 0) is 14.4 Å². The molecule has 2 amide bonds. The maximum Gasteiger partial charge on any atom is 0.315 e. The molecule has 11 heteroatoms. The molecule has 0 spiro atoms. The van der Waals surface area contributed by atoms with Crippen molar-refractivity contribution in [3.05, 3.63) is 59.9 Å². The monoisotopic (exact) mass is 475 g/mol. The van der Waals surface area contributed by atoms with Crippen molar-refractivity contribution in [2.75, 3.05) is 13.1 Å². The van der Waals surface area contributed by atoms with Crippen molar-refractivity contribution in [2.24, 2.45) is 5.73 Å². The van der Waals surface area contributed by atoms with E-state index in [-0.39, 0.29) is 31.2 Å². The van der Waals surface area contributed by atoms with Gasteiger partial charge in [0, 0.05) is 24.5 Å². The van der Waals surface area contributed by atoms with E-state index in [0.717, 1.165) is 0 Å². The fraction of sp³-hybridized carbons (Fsp3) is 0.318. The van der Waals surface area contributed by atoms with Crippen molar-refractivity contribution >= 4 is 36.0 Å². The number of benzene rings is 1. The summed E-state index contributed by atoms with van der Waals surface area (Å²) in [6.45, 7) is 2.18. The lowest BCUT2D eigenvalue weighted by molar-refractivity contribution is -0.169. The van der Waals surface area contributed by atoms with Crippen LogP contribution in [0.2, 0.25) is 0 Å². The number of rotatable bonds is 9. The van der Waals surface area contributed by atoms with E-state index in [0.29, 0.717) is 29.8 Å². The molecule has 3 rings (SSSR count). The van der Waals surface area contributed by atoms with Gasteiger partial charge in [0.25, 0.3) is 0 Å². The first-order valence-corrected chi connectivity index (χ1v) is 10.2. The number of amides is 2. The molecule has 176 valence electrons. The zero-order valence-corrected chi connectivity index (χ0v) is 18.8. The number of carbonyl (C=O) groups is 3. The van der Waals surface area contributed by atoms with Crippen molar-refractivity contribution in [1.29, 1.82) is 5.41 Å². The number of ether oxygens (including phenoxy) is 1. The zero-order valence-electron chi connectivity index (χ0n) is 18.0. The lowest BCUT2D eigenvalue weighted by Gasteiger charge is -2.42. The van der Waals surface area contributed by atoms with Gasteiger partial charge in [0.2, 0.25) is 0 Å². The molecule has 1 saturated heterocycles. The summed E-state index contributed by atoms with van der Waals surface area (Å²) >= 11 is 0. The van der Waals surface area contributed by atoms with E-state index in [2.05, 4.69) is 4.98 Å². The van der Waals surface area contributed by atoms with E-state index in [1.807, 2.05) is 6.92 Å². The lowest BCUT2D eigenvalue weighted by atomic mass is 10.0. The number of carboxylic acids is 1. The SMILES string of the molecule is CCCN1C(=O)C(=O)N(C(CC(=O)O)c2cccnc2)CC1Oc1ccc(C(=N)N)cc1.Cl. The average Bonchev–Trinajstić information content (AvgIpc) is 2.78. The number of aromatic nitrogens is 1. The summed E-state index contributed by atoms with van der Waals surface area (Å²) in [7, 11) is 0. The normalized spacial score (nSPS) is 16.7. The van der Waals surface area contributed by atoms with Crippen LogP contribution < -0.4 is 10.5 Å². The molecule has 0 aliphatic carbocycles. The van der Waals surface area contributed by atoms with Gasteiger partial charge in [0.15, 0.2) is 6.23 Å². The molecule has 1 fully saturated rings. The Morgan fingerprint density at radius 3 is 2.52 bits per heavy atom. The molecule has 4 N–H and O–H groups in total. The smallest absolute Gasteiger partial charge is 0.315 e. The van der Waals surface area contributed by atoms with Crippen molar-refractivity contribution < 1.29 is 24.2 Å². The predicted octanol–water partition coefficient (Wildman–Crippen LogP) is 1.79. The van der Waals surface area contributed by atoms with E-state index >= 15 is 0 Å². The van der Waals surface area contributed by atoms with Crippen molar-refractivity contribution in [3.63, 3.8) is 0 Å². The molecule has 1 aliphatic heterocycles. The van der Waals surface area contributed by atoms with E-state index in [1.54, 1.807) is 42.6 Å². The molecule has 1 aromatic carbocycles. The number of piperazine rings is 1. The van der Waals surface area contributed by atoms with Crippen LogP contribution in [0.15, 0.2) is 48.8 Å². The third-order valence-corrected chi connectivity index (χ3v) is 5.12. The fourth-order valence-corrected chi connectivity index (χ4v) is 3.60. The number of hydrogen-bond donors (Lipinski definition) is 3. The first kappa shape index (κ1) is 25.6. The zero-order chi connectivity index (χ0) is 23.3. The van der Waals surface area contributed by atoms with Crippen LogP contribution >= 0.6 is 12.4 Å². The van der Waals surface area contributed by atoms with E-state index in [1.165, 1.54) is 16.0 Å². The van der Waals surface area contributed by atoms with Gasteiger partial charge in [-0.05, 0) is 42.3 Å². The summed E-state index contributed by atoms with van der Waals surface area (Å²) in [5.41, 5.74) is 6.53. The van der Waals surface area contributed by atoms with Crippen LogP contribution in [0, 0.1) is 5.41 Å². The maximum atomic E-state index is 13.0. The first-order valence-electron chi connectivity index (χ1n) is 10.2. The maximum absolute atomic E-state index is 13.0. The summed E-state index contributed by atoms with van der Waals surface area (Å²) in [5.74, 6) is -2.28. The molecule has 0 radical (unpaired) electrons. The number of carboxylic acid groups (broad SMARTS) is 1. The molecule has 2 atom stereocenters. The van der Waals surface area contributed by atoms with Crippen LogP contribution in [0.25, 0.3) is 0 Å². The van der Waals surface area contributed by atoms with Crippen LogP contribution in [0.4, 0.5) is 0 Å². The largest absolute Gasteiger partial charge is 0.481 e. The van der Waals surface area contributed by atoms with Crippen molar-refractivity contribution in [3.8, 4) is 5.75 Å². The molecule has 10 nitrogen and oxygen atoms in total. The fourth-order valence-electron chi connectivity index (χ4n) is 3.60. The van der Waals surface area contributed by atoms with E-state index < -0.39 is 30.1 Å². The second kappa shape index (κ2) is 11.3. The Hall–Kier alpha value is -3.66. The number of nitrogen functional groups attached to an aromatic ring is 1. The summed E-state index contributed by atoms with van der Waals surface area (Å²) < 4.78 is 6.03. The number of hydrogen-bond acceptors (Lipinski definition) is 6. The second-order valence-corrected chi connectivity index (χ2v) is 7.37. The standard InChI is InChI=1S/C22H25N5O5.ClH/c1-2-10-26-18(32-16-7-5-14(6-8-16)20(23)24)13-27(22(31)21(26)30)17(11-19(28)29)15-4-3-9-25-12-15;/h3-9,12,17-18H,2,10-11,13H2,1H3,(H3,23,24)(H,28,29);1H. The second-order valence-electron chi connectivity index (χ2n) is 7.37. The third-order valence-electron chi connectivity index (χ3n) is 5.12. The third kappa shape index (κ3) is 5.98. The molecule has 2 aromatic rings. The van der Waals surface area contributed by atoms with Crippen LogP contribution in [0.5, 0.6) is 5.75 Å². The van der Waals surface area contributed by atoms with Gasteiger partial charge in [-0.2, -0.15) is 0 Å². The van der Waals surface area contributed by atoms with Crippen molar-refractivity contribution in [2.45, 2.75) is 32.0 Å². The number of carbonyl (C=O) groups excluding carboxylic acids is 2. The Kier molecular flexibility index (Phi) is 8.75. The van der Waals surface area contributed by atoms with Gasteiger partial charge in [0.1, 0.15) is 11.6 Å². The quantitative estimate of drug-likeness (QED) is 0.284. The van der Waals surface area contributed by atoms with Crippen LogP contribution in [0.3, 0.4) is 0 Å². The topological polar surface area (TPSA) is 150 Å². The minimum Gasteiger partial charge on any atom is -0.481 e. The molecular weight excluding hydrogens is 450 g/mol. The van der Waals surface area contributed by atoms with Gasteiger partial charge in [0.05, 0.1) is 19.0 Å². The van der Waals surface area contributed by atoms with E-state index in [4.69, 9.17) is 15.9 Å². The molecule has 1 aromatic heterocycles. The number of aliphatic carboxylic acids is 1. The summed E-state index contributed by atoms with van der Waals surface area (Å²) in [4.78, 5) is 44.0. The number of nitrogens with two attached hydrogens (primary N) is 1. The molecule has 2 unspecified atom stereocenters. The molecule has 33 heavy (non-hydrogen) atoms.